The Kier molecular flexibility index (Phi) is 5.53. The van der Waals surface area contributed by atoms with Crippen molar-refractivity contribution in [3.63, 3.8) is 0 Å². The lowest BCUT2D eigenvalue weighted by atomic mass is 10.2. The van der Waals surface area contributed by atoms with Crippen LogP contribution in [-0.2, 0) is 10.2 Å². The van der Waals surface area contributed by atoms with Gasteiger partial charge in [0.2, 0.25) is 0 Å². The summed E-state index contributed by atoms with van der Waals surface area (Å²) in [6, 6.07) is 4.18. The third kappa shape index (κ3) is 4.24. The van der Waals surface area contributed by atoms with E-state index >= 15 is 0 Å². The Morgan fingerprint density at radius 3 is 2.60 bits per heavy atom. The Morgan fingerprint density at radius 2 is 2.05 bits per heavy atom. The minimum absolute atomic E-state index is 0.104. The first-order valence-corrected chi connectivity index (χ1v) is 9.02. The second kappa shape index (κ2) is 6.97. The second-order valence-electron chi connectivity index (χ2n) is 4.93. The number of hydrogen-bond donors (Lipinski definition) is 2. The highest BCUT2D eigenvalue weighted by Gasteiger charge is 2.25. The van der Waals surface area contributed by atoms with Crippen LogP contribution in [0.2, 0.25) is 0 Å². The first kappa shape index (κ1) is 15.9. The molecule has 114 valence electrons. The van der Waals surface area contributed by atoms with Crippen molar-refractivity contribution < 1.29 is 8.42 Å². The van der Waals surface area contributed by atoms with E-state index in [2.05, 4.69) is 32.4 Å². The molecule has 1 aromatic rings. The largest absolute Gasteiger partial charge is 0.304 e. The lowest BCUT2D eigenvalue weighted by molar-refractivity contribution is 0.114. The maximum Gasteiger partial charge on any atom is 0.276 e. The van der Waals surface area contributed by atoms with Crippen molar-refractivity contribution in [1.82, 2.24) is 19.2 Å². The van der Waals surface area contributed by atoms with Gasteiger partial charge in [-0.15, -0.1) is 11.3 Å². The van der Waals surface area contributed by atoms with Crippen molar-refractivity contribution in [1.29, 1.82) is 0 Å². The molecule has 0 aliphatic carbocycles. The number of rotatable bonds is 6. The van der Waals surface area contributed by atoms with Gasteiger partial charge in [-0.3, -0.25) is 4.90 Å². The van der Waals surface area contributed by atoms with Gasteiger partial charge in [-0.2, -0.15) is 8.42 Å². The third-order valence-electron chi connectivity index (χ3n) is 3.59. The fourth-order valence-corrected chi connectivity index (χ4v) is 3.67. The number of likely N-dealkylation sites (N-methyl/N-ethyl adjacent to an activating group) is 1. The topological polar surface area (TPSA) is 64.7 Å². The summed E-state index contributed by atoms with van der Waals surface area (Å²) in [6.07, 6.45) is 0. The average Bonchev–Trinajstić information content (AvgIpc) is 2.95. The molecular weight excluding hydrogens is 296 g/mol. The fourth-order valence-electron chi connectivity index (χ4n) is 2.28. The molecule has 0 amide bonds. The molecule has 2 heterocycles. The minimum Gasteiger partial charge on any atom is -0.304 e. The van der Waals surface area contributed by atoms with Gasteiger partial charge in [0, 0.05) is 44.6 Å². The van der Waals surface area contributed by atoms with Crippen LogP contribution in [0.4, 0.5) is 0 Å². The Hall–Kier alpha value is -0.510. The van der Waals surface area contributed by atoms with Crippen molar-refractivity contribution in [3.8, 4) is 0 Å². The molecule has 0 aromatic carbocycles. The molecule has 1 unspecified atom stereocenters. The maximum atomic E-state index is 11.6. The van der Waals surface area contributed by atoms with Gasteiger partial charge in [0.1, 0.15) is 0 Å². The van der Waals surface area contributed by atoms with E-state index in [1.165, 1.54) is 11.9 Å². The first-order chi connectivity index (χ1) is 9.52. The van der Waals surface area contributed by atoms with Crippen LogP contribution in [-0.4, -0.2) is 65.0 Å². The number of hydrogen-bond acceptors (Lipinski definition) is 5. The summed E-state index contributed by atoms with van der Waals surface area (Å²) in [6.45, 7) is 4.34. The predicted octanol–water partition coefficient (Wildman–Crippen LogP) is 0.0904. The van der Waals surface area contributed by atoms with Crippen LogP contribution in [0.3, 0.4) is 0 Å². The quantitative estimate of drug-likeness (QED) is 0.780. The molecule has 0 spiro atoms. The standard InChI is InChI=1S/C12H22N4O2S2/c1-13-20(17,18)14-10-11(12-4-3-9-19-12)16-7-5-15(2)6-8-16/h3-4,9,11,13-14H,5-8,10H2,1-2H3. The van der Waals surface area contributed by atoms with Crippen molar-refractivity contribution >= 4 is 21.5 Å². The molecular formula is C12H22N4O2S2. The van der Waals surface area contributed by atoms with Crippen LogP contribution < -0.4 is 9.44 Å². The monoisotopic (exact) mass is 318 g/mol. The molecule has 1 aliphatic rings. The van der Waals surface area contributed by atoms with E-state index in [1.807, 2.05) is 11.4 Å². The van der Waals surface area contributed by atoms with Crippen LogP contribution in [0, 0.1) is 0 Å². The van der Waals surface area contributed by atoms with Gasteiger partial charge in [0.05, 0.1) is 6.04 Å². The molecule has 0 bridgehead atoms. The average molecular weight is 318 g/mol. The summed E-state index contributed by atoms with van der Waals surface area (Å²) in [4.78, 5) is 5.84. The van der Waals surface area contributed by atoms with Crippen LogP contribution in [0.1, 0.15) is 10.9 Å². The lowest BCUT2D eigenvalue weighted by Crippen LogP contribution is -2.49. The normalized spacial score (nSPS) is 20.1. The number of thiophene rings is 1. The zero-order valence-electron chi connectivity index (χ0n) is 11.9. The number of nitrogens with zero attached hydrogens (tertiary/aromatic N) is 2. The van der Waals surface area contributed by atoms with Gasteiger partial charge < -0.3 is 4.90 Å². The Labute approximate surface area is 125 Å². The number of nitrogens with one attached hydrogen (secondary N) is 2. The van der Waals surface area contributed by atoms with Crippen molar-refractivity contribution in [2.45, 2.75) is 6.04 Å². The van der Waals surface area contributed by atoms with Crippen LogP contribution in [0.5, 0.6) is 0 Å². The summed E-state index contributed by atoms with van der Waals surface area (Å²) in [5.41, 5.74) is 0. The SMILES string of the molecule is CNS(=O)(=O)NCC(c1cccs1)N1CCN(C)CC1. The molecule has 2 rings (SSSR count). The van der Waals surface area contributed by atoms with Gasteiger partial charge in [-0.05, 0) is 18.5 Å². The van der Waals surface area contributed by atoms with E-state index in [0.717, 1.165) is 26.2 Å². The molecule has 1 saturated heterocycles. The molecule has 2 N–H and O–H groups in total. The summed E-state index contributed by atoms with van der Waals surface area (Å²) < 4.78 is 28.0. The molecule has 6 nitrogen and oxygen atoms in total. The predicted molar refractivity (Wildman–Crippen MR) is 82.1 cm³/mol. The Balaban J connectivity index is 2.06. The van der Waals surface area contributed by atoms with Gasteiger partial charge in [-0.1, -0.05) is 6.07 Å². The third-order valence-corrected chi connectivity index (χ3v) is 5.64. The molecule has 8 heteroatoms. The van der Waals surface area contributed by atoms with Crippen molar-refractivity contribution in [3.05, 3.63) is 22.4 Å². The minimum atomic E-state index is -3.39. The molecule has 0 radical (unpaired) electrons. The first-order valence-electron chi connectivity index (χ1n) is 6.66. The molecule has 1 fully saturated rings. The van der Waals surface area contributed by atoms with E-state index in [0.29, 0.717) is 6.54 Å². The van der Waals surface area contributed by atoms with E-state index in [-0.39, 0.29) is 6.04 Å². The van der Waals surface area contributed by atoms with E-state index < -0.39 is 10.2 Å². The van der Waals surface area contributed by atoms with Crippen LogP contribution in [0.25, 0.3) is 0 Å². The smallest absolute Gasteiger partial charge is 0.276 e. The highest BCUT2D eigenvalue weighted by atomic mass is 32.2. The summed E-state index contributed by atoms with van der Waals surface area (Å²) in [5.74, 6) is 0. The Morgan fingerprint density at radius 1 is 1.35 bits per heavy atom. The highest BCUT2D eigenvalue weighted by molar-refractivity contribution is 7.87. The molecule has 1 aromatic heterocycles. The summed E-state index contributed by atoms with van der Waals surface area (Å²) >= 11 is 1.67. The number of piperazine rings is 1. The van der Waals surface area contributed by atoms with Gasteiger partial charge in [-0.25, -0.2) is 9.44 Å². The zero-order chi connectivity index (χ0) is 14.6. The molecule has 1 atom stereocenters. The summed E-state index contributed by atoms with van der Waals surface area (Å²) in [7, 11) is 0.140. The molecule has 1 aliphatic heterocycles. The Bertz CT molecular complexity index is 496. The second-order valence-corrected chi connectivity index (χ2v) is 7.61. The lowest BCUT2D eigenvalue weighted by Gasteiger charge is -2.37. The van der Waals surface area contributed by atoms with Gasteiger partial charge in [0.25, 0.3) is 10.2 Å². The van der Waals surface area contributed by atoms with E-state index in [1.54, 1.807) is 11.3 Å². The van der Waals surface area contributed by atoms with E-state index in [9.17, 15) is 8.42 Å². The van der Waals surface area contributed by atoms with Gasteiger partial charge in [0.15, 0.2) is 0 Å². The molecule has 0 saturated carbocycles. The van der Waals surface area contributed by atoms with Crippen molar-refractivity contribution in [2.24, 2.45) is 0 Å². The van der Waals surface area contributed by atoms with Crippen LogP contribution in [0.15, 0.2) is 17.5 Å². The zero-order valence-corrected chi connectivity index (χ0v) is 13.5. The molecule has 20 heavy (non-hydrogen) atoms. The fraction of sp³-hybridized carbons (Fsp3) is 0.667. The maximum absolute atomic E-state index is 11.6. The van der Waals surface area contributed by atoms with Crippen LogP contribution >= 0.6 is 11.3 Å². The highest BCUT2D eigenvalue weighted by Crippen LogP contribution is 2.25. The van der Waals surface area contributed by atoms with E-state index in [4.69, 9.17) is 0 Å². The van der Waals surface area contributed by atoms with Crippen molar-refractivity contribution in [2.75, 3.05) is 46.8 Å². The van der Waals surface area contributed by atoms with Gasteiger partial charge >= 0.3 is 0 Å². The summed E-state index contributed by atoms with van der Waals surface area (Å²) in [5, 5.41) is 2.03.